The third-order valence-electron chi connectivity index (χ3n) is 2.82. The Morgan fingerprint density at radius 3 is 2.64 bits per heavy atom. The van der Waals surface area contributed by atoms with Crippen molar-refractivity contribution in [2.24, 2.45) is 11.8 Å². The van der Waals surface area contributed by atoms with Gasteiger partial charge in [-0.15, -0.1) is 0 Å². The van der Waals surface area contributed by atoms with Gasteiger partial charge in [-0.25, -0.2) is 0 Å². The van der Waals surface area contributed by atoms with Crippen molar-refractivity contribution in [1.82, 2.24) is 0 Å². The minimum absolute atomic E-state index is 0.800. The van der Waals surface area contributed by atoms with Crippen molar-refractivity contribution in [3.05, 3.63) is 0 Å². The third-order valence-corrected chi connectivity index (χ3v) is 4.76. The molecule has 3 atom stereocenters. The lowest BCUT2D eigenvalue weighted by molar-refractivity contribution is 0.416. The second-order valence-electron chi connectivity index (χ2n) is 3.49. The summed E-state index contributed by atoms with van der Waals surface area (Å²) in [7, 11) is 0. The topological polar surface area (TPSA) is 0 Å². The molecule has 1 rings (SSSR count). The Hall–Kier alpha value is 0.830. The van der Waals surface area contributed by atoms with Crippen LogP contribution in [-0.4, -0.2) is 16.8 Å². The van der Waals surface area contributed by atoms with Gasteiger partial charge in [0, 0.05) is 4.83 Å². The summed E-state index contributed by atoms with van der Waals surface area (Å²) in [6.45, 7) is 2.39. The van der Waals surface area contributed by atoms with Gasteiger partial charge in [0.2, 0.25) is 0 Å². The molecule has 0 aromatic carbocycles. The summed E-state index contributed by atoms with van der Waals surface area (Å²) in [5, 5.41) is 0. The third kappa shape index (κ3) is 2.66. The molecule has 0 N–H and O–H groups in total. The van der Waals surface area contributed by atoms with Gasteiger partial charge in [0.1, 0.15) is 0 Å². The van der Waals surface area contributed by atoms with E-state index in [1.165, 1.54) is 25.0 Å². The normalized spacial score (nSPS) is 37.9. The Balaban J connectivity index is 2.24. The van der Waals surface area contributed by atoms with Crippen molar-refractivity contribution < 1.29 is 0 Å². The first-order valence-electron chi connectivity index (χ1n) is 4.38. The SMILES string of the molecule is CSCCC1CCC(Br)C1C. The van der Waals surface area contributed by atoms with E-state index in [-0.39, 0.29) is 0 Å². The van der Waals surface area contributed by atoms with Gasteiger partial charge in [-0.2, -0.15) is 11.8 Å². The van der Waals surface area contributed by atoms with Crippen LogP contribution >= 0.6 is 27.7 Å². The highest BCUT2D eigenvalue weighted by atomic mass is 79.9. The average Bonchev–Trinajstić information content (AvgIpc) is 2.31. The maximum absolute atomic E-state index is 3.73. The van der Waals surface area contributed by atoms with Crippen molar-refractivity contribution in [3.63, 3.8) is 0 Å². The van der Waals surface area contributed by atoms with E-state index in [0.29, 0.717) is 0 Å². The first-order chi connectivity index (χ1) is 5.25. The largest absolute Gasteiger partial charge is 0.165 e. The minimum Gasteiger partial charge on any atom is -0.165 e. The summed E-state index contributed by atoms with van der Waals surface area (Å²) in [4.78, 5) is 0.800. The molecule has 0 nitrogen and oxygen atoms in total. The molecule has 0 aromatic rings. The lowest BCUT2D eigenvalue weighted by Crippen LogP contribution is -2.11. The van der Waals surface area contributed by atoms with E-state index >= 15 is 0 Å². The summed E-state index contributed by atoms with van der Waals surface area (Å²) in [6, 6.07) is 0. The highest BCUT2D eigenvalue weighted by Crippen LogP contribution is 2.38. The van der Waals surface area contributed by atoms with E-state index in [1.807, 2.05) is 11.8 Å². The molecule has 0 saturated heterocycles. The van der Waals surface area contributed by atoms with Gasteiger partial charge in [-0.05, 0) is 43.1 Å². The van der Waals surface area contributed by atoms with E-state index < -0.39 is 0 Å². The number of hydrogen-bond acceptors (Lipinski definition) is 1. The molecule has 0 bridgehead atoms. The molecule has 0 aliphatic heterocycles. The summed E-state index contributed by atoms with van der Waals surface area (Å²) in [5.41, 5.74) is 0. The molecule has 1 aliphatic carbocycles. The van der Waals surface area contributed by atoms with Crippen LogP contribution in [0.3, 0.4) is 0 Å². The molecule has 0 aromatic heterocycles. The fourth-order valence-electron chi connectivity index (χ4n) is 1.87. The second-order valence-corrected chi connectivity index (χ2v) is 5.66. The van der Waals surface area contributed by atoms with Gasteiger partial charge in [0.15, 0.2) is 0 Å². The molecule has 2 heteroatoms. The quantitative estimate of drug-likeness (QED) is 0.676. The van der Waals surface area contributed by atoms with Crippen LogP contribution in [0.25, 0.3) is 0 Å². The number of alkyl halides is 1. The van der Waals surface area contributed by atoms with E-state index in [9.17, 15) is 0 Å². The Morgan fingerprint density at radius 1 is 1.45 bits per heavy atom. The average molecular weight is 237 g/mol. The molecule has 1 aliphatic rings. The molecule has 0 spiro atoms. The summed E-state index contributed by atoms with van der Waals surface area (Å²) < 4.78 is 0. The summed E-state index contributed by atoms with van der Waals surface area (Å²) >= 11 is 5.71. The van der Waals surface area contributed by atoms with Gasteiger partial charge in [0.25, 0.3) is 0 Å². The zero-order valence-corrected chi connectivity index (χ0v) is 9.75. The van der Waals surface area contributed by atoms with Crippen LogP contribution in [0.1, 0.15) is 26.2 Å². The first kappa shape index (κ1) is 9.91. The van der Waals surface area contributed by atoms with Gasteiger partial charge < -0.3 is 0 Å². The molecule has 1 saturated carbocycles. The van der Waals surface area contributed by atoms with Crippen molar-refractivity contribution in [1.29, 1.82) is 0 Å². The molecular formula is C9H17BrS. The molecule has 1 fully saturated rings. The number of thioether (sulfide) groups is 1. The van der Waals surface area contributed by atoms with E-state index in [0.717, 1.165) is 16.7 Å². The fourth-order valence-corrected chi connectivity index (χ4v) is 3.11. The van der Waals surface area contributed by atoms with Gasteiger partial charge in [0.05, 0.1) is 0 Å². The monoisotopic (exact) mass is 236 g/mol. The number of hydrogen-bond donors (Lipinski definition) is 0. The maximum atomic E-state index is 3.73. The highest BCUT2D eigenvalue weighted by Gasteiger charge is 2.29. The number of halogens is 1. The molecule has 3 unspecified atom stereocenters. The van der Waals surface area contributed by atoms with Crippen LogP contribution in [0.4, 0.5) is 0 Å². The zero-order valence-electron chi connectivity index (χ0n) is 7.35. The molecular weight excluding hydrogens is 220 g/mol. The van der Waals surface area contributed by atoms with Crippen molar-refractivity contribution in [2.75, 3.05) is 12.0 Å². The van der Waals surface area contributed by atoms with E-state index in [2.05, 4.69) is 29.1 Å². The zero-order chi connectivity index (χ0) is 8.27. The van der Waals surface area contributed by atoms with Gasteiger partial charge in [-0.3, -0.25) is 0 Å². The predicted molar refractivity (Wildman–Crippen MR) is 57.6 cm³/mol. The van der Waals surface area contributed by atoms with Gasteiger partial charge >= 0.3 is 0 Å². The van der Waals surface area contributed by atoms with Crippen LogP contribution in [-0.2, 0) is 0 Å². The minimum atomic E-state index is 0.800. The molecule has 11 heavy (non-hydrogen) atoms. The smallest absolute Gasteiger partial charge is 0.0174 e. The Morgan fingerprint density at radius 2 is 2.18 bits per heavy atom. The standard InChI is InChI=1S/C9H17BrS/c1-7-8(5-6-11-2)3-4-9(7)10/h7-9H,3-6H2,1-2H3. The molecule has 0 amide bonds. The van der Waals surface area contributed by atoms with E-state index in [4.69, 9.17) is 0 Å². The van der Waals surface area contributed by atoms with Crippen LogP contribution in [0, 0.1) is 11.8 Å². The van der Waals surface area contributed by atoms with Crippen molar-refractivity contribution in [3.8, 4) is 0 Å². The van der Waals surface area contributed by atoms with E-state index in [1.54, 1.807) is 0 Å². The molecule has 0 radical (unpaired) electrons. The lowest BCUT2D eigenvalue weighted by Gasteiger charge is -2.16. The van der Waals surface area contributed by atoms with Crippen LogP contribution in [0.15, 0.2) is 0 Å². The van der Waals surface area contributed by atoms with Crippen LogP contribution in [0.5, 0.6) is 0 Å². The summed E-state index contributed by atoms with van der Waals surface area (Å²) in [6.07, 6.45) is 6.45. The second kappa shape index (κ2) is 4.76. The highest BCUT2D eigenvalue weighted by molar-refractivity contribution is 9.09. The molecule has 0 heterocycles. The Labute approximate surface area is 82.6 Å². The lowest BCUT2D eigenvalue weighted by atomic mass is 9.96. The number of rotatable bonds is 3. The predicted octanol–water partition coefficient (Wildman–Crippen LogP) is 3.55. The first-order valence-corrected chi connectivity index (χ1v) is 6.69. The summed E-state index contributed by atoms with van der Waals surface area (Å²) in [5.74, 6) is 3.24. The van der Waals surface area contributed by atoms with Crippen LogP contribution in [0.2, 0.25) is 0 Å². The maximum Gasteiger partial charge on any atom is 0.0174 e. The fraction of sp³-hybridized carbons (Fsp3) is 1.00. The molecule has 66 valence electrons. The van der Waals surface area contributed by atoms with Crippen molar-refractivity contribution in [2.45, 2.75) is 31.0 Å². The Kier molecular flexibility index (Phi) is 4.29. The van der Waals surface area contributed by atoms with Crippen LogP contribution < -0.4 is 0 Å². The van der Waals surface area contributed by atoms with Crippen molar-refractivity contribution >= 4 is 27.7 Å². The van der Waals surface area contributed by atoms with Gasteiger partial charge in [-0.1, -0.05) is 22.9 Å². The Bertz CT molecular complexity index is 116.